The zero-order valence-electron chi connectivity index (χ0n) is 8.87. The Balaban J connectivity index is 3.49. The lowest BCUT2D eigenvalue weighted by Crippen LogP contribution is -2.31. The van der Waals surface area contributed by atoms with Crippen LogP contribution >= 0.6 is 0 Å². The van der Waals surface area contributed by atoms with Gasteiger partial charge in [-0.05, 0) is 12.8 Å². The first-order chi connectivity index (χ1) is 6.72. The highest BCUT2D eigenvalue weighted by Gasteiger charge is 2.06. The molecule has 82 valence electrons. The van der Waals surface area contributed by atoms with Gasteiger partial charge in [0.25, 0.3) is 0 Å². The Morgan fingerprint density at radius 3 is 2.93 bits per heavy atom. The summed E-state index contributed by atoms with van der Waals surface area (Å²) in [5, 5.41) is 0. The van der Waals surface area contributed by atoms with E-state index in [9.17, 15) is 4.79 Å². The summed E-state index contributed by atoms with van der Waals surface area (Å²) >= 11 is 0. The van der Waals surface area contributed by atoms with Crippen molar-refractivity contribution in [1.29, 1.82) is 0 Å². The molecular weight excluding hydrogens is 180 g/mol. The lowest BCUT2D eigenvalue weighted by molar-refractivity contribution is -0.134. The number of nitrogens with two attached hydrogens (primary N) is 1. The molecule has 0 fully saturated rings. The molecule has 0 radical (unpaired) electrons. The van der Waals surface area contributed by atoms with Crippen LogP contribution in [0.15, 0.2) is 12.7 Å². The molecule has 0 atom stereocenters. The summed E-state index contributed by atoms with van der Waals surface area (Å²) in [6, 6.07) is 0. The summed E-state index contributed by atoms with van der Waals surface area (Å²) < 4.78 is 5.04. The maximum atomic E-state index is 11.3. The second kappa shape index (κ2) is 8.72. The molecule has 0 saturated carbocycles. The van der Waals surface area contributed by atoms with Crippen molar-refractivity contribution in [2.75, 3.05) is 33.4 Å². The first-order valence-electron chi connectivity index (χ1n) is 4.85. The SMILES string of the molecule is C=CCCCN(C)C(=O)COCCN. The van der Waals surface area contributed by atoms with E-state index in [4.69, 9.17) is 10.5 Å². The second-order valence-electron chi connectivity index (χ2n) is 3.09. The quantitative estimate of drug-likeness (QED) is 0.455. The molecule has 0 aromatic heterocycles. The van der Waals surface area contributed by atoms with Gasteiger partial charge in [0.1, 0.15) is 6.61 Å². The summed E-state index contributed by atoms with van der Waals surface area (Å²) in [5.74, 6) is 0.00233. The van der Waals surface area contributed by atoms with Crippen LogP contribution in [0.2, 0.25) is 0 Å². The zero-order valence-corrected chi connectivity index (χ0v) is 8.87. The number of unbranched alkanes of at least 4 members (excludes halogenated alkanes) is 1. The molecule has 0 heterocycles. The van der Waals surface area contributed by atoms with Gasteiger partial charge < -0.3 is 15.4 Å². The minimum Gasteiger partial charge on any atom is -0.370 e. The number of hydrogen-bond donors (Lipinski definition) is 1. The van der Waals surface area contributed by atoms with Crippen LogP contribution in [0, 0.1) is 0 Å². The van der Waals surface area contributed by atoms with E-state index in [-0.39, 0.29) is 12.5 Å². The van der Waals surface area contributed by atoms with Crippen molar-refractivity contribution in [2.24, 2.45) is 5.73 Å². The molecule has 4 heteroatoms. The van der Waals surface area contributed by atoms with Crippen LogP contribution in [0.3, 0.4) is 0 Å². The second-order valence-corrected chi connectivity index (χ2v) is 3.09. The third-order valence-corrected chi connectivity index (χ3v) is 1.82. The lowest BCUT2D eigenvalue weighted by Gasteiger charge is -2.16. The number of amides is 1. The topological polar surface area (TPSA) is 55.6 Å². The predicted octanol–water partition coefficient (Wildman–Crippen LogP) is 0.386. The maximum absolute atomic E-state index is 11.3. The number of hydrogen-bond acceptors (Lipinski definition) is 3. The first kappa shape index (κ1) is 13.1. The highest BCUT2D eigenvalue weighted by atomic mass is 16.5. The maximum Gasteiger partial charge on any atom is 0.248 e. The molecule has 4 nitrogen and oxygen atoms in total. The van der Waals surface area contributed by atoms with Gasteiger partial charge in [-0.15, -0.1) is 6.58 Å². The van der Waals surface area contributed by atoms with Crippen LogP contribution in [0.1, 0.15) is 12.8 Å². The molecule has 0 aliphatic rings. The summed E-state index contributed by atoms with van der Waals surface area (Å²) in [4.78, 5) is 13.0. The van der Waals surface area contributed by atoms with Gasteiger partial charge in [0.15, 0.2) is 0 Å². The fourth-order valence-electron chi connectivity index (χ4n) is 0.951. The molecule has 0 aliphatic heterocycles. The Kier molecular flexibility index (Phi) is 8.17. The van der Waals surface area contributed by atoms with Crippen molar-refractivity contribution in [2.45, 2.75) is 12.8 Å². The number of likely N-dealkylation sites (N-methyl/N-ethyl adjacent to an activating group) is 1. The summed E-state index contributed by atoms with van der Waals surface area (Å²) in [6.07, 6.45) is 3.73. The monoisotopic (exact) mass is 200 g/mol. The van der Waals surface area contributed by atoms with E-state index >= 15 is 0 Å². The van der Waals surface area contributed by atoms with E-state index in [1.807, 2.05) is 6.08 Å². The molecular formula is C10H20N2O2. The summed E-state index contributed by atoms with van der Waals surface area (Å²) in [5.41, 5.74) is 5.23. The minimum absolute atomic E-state index is 0.00233. The first-order valence-corrected chi connectivity index (χ1v) is 4.85. The molecule has 1 amide bonds. The fourth-order valence-corrected chi connectivity index (χ4v) is 0.951. The molecule has 2 N–H and O–H groups in total. The van der Waals surface area contributed by atoms with E-state index in [0.717, 1.165) is 19.4 Å². The van der Waals surface area contributed by atoms with E-state index in [1.54, 1.807) is 11.9 Å². The van der Waals surface area contributed by atoms with Gasteiger partial charge in [0.05, 0.1) is 6.61 Å². The van der Waals surface area contributed by atoms with Crippen LogP contribution in [0.4, 0.5) is 0 Å². The molecule has 0 bridgehead atoms. The third-order valence-electron chi connectivity index (χ3n) is 1.82. The Hall–Kier alpha value is -0.870. The van der Waals surface area contributed by atoms with Gasteiger partial charge in [-0.25, -0.2) is 0 Å². The van der Waals surface area contributed by atoms with Crippen LogP contribution in [0.5, 0.6) is 0 Å². The van der Waals surface area contributed by atoms with Crippen molar-refractivity contribution in [3.05, 3.63) is 12.7 Å². The lowest BCUT2D eigenvalue weighted by atomic mass is 10.3. The molecule has 14 heavy (non-hydrogen) atoms. The molecule has 0 rings (SSSR count). The highest BCUT2D eigenvalue weighted by molar-refractivity contribution is 5.77. The van der Waals surface area contributed by atoms with Crippen LogP contribution in [0.25, 0.3) is 0 Å². The smallest absolute Gasteiger partial charge is 0.248 e. The van der Waals surface area contributed by atoms with E-state index in [1.165, 1.54) is 0 Å². The van der Waals surface area contributed by atoms with Gasteiger partial charge >= 0.3 is 0 Å². The number of carbonyl (C=O) groups is 1. The molecule has 0 aromatic carbocycles. The number of ether oxygens (including phenoxy) is 1. The Morgan fingerprint density at radius 1 is 1.64 bits per heavy atom. The van der Waals surface area contributed by atoms with Crippen molar-refractivity contribution in [3.8, 4) is 0 Å². The van der Waals surface area contributed by atoms with Crippen LogP contribution in [-0.2, 0) is 9.53 Å². The van der Waals surface area contributed by atoms with Crippen molar-refractivity contribution >= 4 is 5.91 Å². The highest BCUT2D eigenvalue weighted by Crippen LogP contribution is 1.94. The number of carbonyl (C=O) groups excluding carboxylic acids is 1. The molecule has 0 unspecified atom stereocenters. The van der Waals surface area contributed by atoms with E-state index in [2.05, 4.69) is 6.58 Å². The Labute approximate surface area is 85.7 Å². The van der Waals surface area contributed by atoms with Crippen LogP contribution < -0.4 is 5.73 Å². The van der Waals surface area contributed by atoms with Crippen molar-refractivity contribution < 1.29 is 9.53 Å². The average Bonchev–Trinajstić information content (AvgIpc) is 2.18. The third kappa shape index (κ3) is 6.62. The molecule has 0 aliphatic carbocycles. The van der Waals surface area contributed by atoms with E-state index in [0.29, 0.717) is 13.2 Å². The largest absolute Gasteiger partial charge is 0.370 e. The molecule has 0 saturated heterocycles. The normalized spacial score (nSPS) is 9.86. The number of rotatable bonds is 8. The summed E-state index contributed by atoms with van der Waals surface area (Å²) in [6.45, 7) is 5.38. The summed E-state index contributed by atoms with van der Waals surface area (Å²) in [7, 11) is 1.78. The Bertz CT molecular complexity index is 172. The predicted molar refractivity (Wildman–Crippen MR) is 56.9 cm³/mol. The van der Waals surface area contributed by atoms with Crippen molar-refractivity contribution in [3.63, 3.8) is 0 Å². The van der Waals surface area contributed by atoms with E-state index < -0.39 is 0 Å². The van der Waals surface area contributed by atoms with Crippen molar-refractivity contribution in [1.82, 2.24) is 4.90 Å². The van der Waals surface area contributed by atoms with Crippen LogP contribution in [-0.4, -0.2) is 44.2 Å². The molecule has 0 aromatic rings. The molecule has 0 spiro atoms. The number of allylic oxidation sites excluding steroid dienone is 1. The van der Waals surface area contributed by atoms with Gasteiger partial charge in [-0.1, -0.05) is 6.08 Å². The standard InChI is InChI=1S/C10H20N2O2/c1-3-4-5-7-12(2)10(13)9-14-8-6-11/h3H,1,4-9,11H2,2H3. The number of nitrogens with zero attached hydrogens (tertiary/aromatic N) is 1. The Morgan fingerprint density at radius 2 is 2.36 bits per heavy atom. The van der Waals surface area contributed by atoms with Gasteiger partial charge in [-0.3, -0.25) is 4.79 Å². The minimum atomic E-state index is 0.00233. The average molecular weight is 200 g/mol. The van der Waals surface area contributed by atoms with Gasteiger partial charge in [0, 0.05) is 20.1 Å². The van der Waals surface area contributed by atoms with Gasteiger partial charge in [0.2, 0.25) is 5.91 Å². The van der Waals surface area contributed by atoms with Gasteiger partial charge in [-0.2, -0.15) is 0 Å². The zero-order chi connectivity index (χ0) is 10.8. The fraction of sp³-hybridized carbons (Fsp3) is 0.700.